The van der Waals surface area contributed by atoms with Gasteiger partial charge in [-0.3, -0.25) is 4.90 Å². The first-order valence-electron chi connectivity index (χ1n) is 7.73. The number of aryl methyl sites for hydroxylation is 1. The van der Waals surface area contributed by atoms with Crippen molar-refractivity contribution in [3.8, 4) is 5.75 Å². The molecule has 2 rings (SSSR count). The molecule has 5 nitrogen and oxygen atoms in total. The van der Waals surface area contributed by atoms with Crippen molar-refractivity contribution in [2.24, 2.45) is 0 Å². The summed E-state index contributed by atoms with van der Waals surface area (Å²) < 4.78 is 5.40. The molecule has 1 fully saturated rings. The van der Waals surface area contributed by atoms with Gasteiger partial charge in [-0.15, -0.1) is 0 Å². The maximum absolute atomic E-state index is 12.0. The van der Waals surface area contributed by atoms with E-state index in [2.05, 4.69) is 11.0 Å². The molecule has 1 aromatic rings. The summed E-state index contributed by atoms with van der Waals surface area (Å²) >= 11 is 0. The lowest BCUT2D eigenvalue weighted by Crippen LogP contribution is -2.49. The van der Waals surface area contributed by atoms with Crippen LogP contribution in [0.3, 0.4) is 0 Å². The monoisotopic (exact) mass is 306 g/mol. The number of phenolic OH excluding ortho intramolecular Hbond substituents is 1. The number of benzene rings is 1. The van der Waals surface area contributed by atoms with Crippen molar-refractivity contribution in [2.75, 3.05) is 26.2 Å². The minimum absolute atomic E-state index is 0.236. The van der Waals surface area contributed by atoms with Crippen LogP contribution in [0.2, 0.25) is 0 Å². The average molecular weight is 306 g/mol. The first kappa shape index (κ1) is 16.6. The van der Waals surface area contributed by atoms with E-state index in [0.717, 1.165) is 30.8 Å². The smallest absolute Gasteiger partial charge is 0.410 e. The van der Waals surface area contributed by atoms with E-state index < -0.39 is 5.60 Å². The van der Waals surface area contributed by atoms with Crippen molar-refractivity contribution in [2.45, 2.75) is 39.8 Å². The summed E-state index contributed by atoms with van der Waals surface area (Å²) in [5.74, 6) is 0.308. The molecule has 0 unspecified atom stereocenters. The normalized spacial score (nSPS) is 16.6. The molecule has 22 heavy (non-hydrogen) atoms. The van der Waals surface area contributed by atoms with E-state index in [1.165, 1.54) is 0 Å². The molecule has 0 atom stereocenters. The van der Waals surface area contributed by atoms with Gasteiger partial charge in [-0.25, -0.2) is 4.79 Å². The highest BCUT2D eigenvalue weighted by atomic mass is 16.6. The van der Waals surface area contributed by atoms with Crippen LogP contribution in [0, 0.1) is 6.92 Å². The number of phenols is 1. The first-order valence-corrected chi connectivity index (χ1v) is 7.73. The second-order valence-electron chi connectivity index (χ2n) is 6.92. The number of hydrogen-bond donors (Lipinski definition) is 1. The molecule has 0 spiro atoms. The first-order chi connectivity index (χ1) is 10.2. The Bertz CT molecular complexity index is 509. The third kappa shape index (κ3) is 4.91. The molecule has 122 valence electrons. The van der Waals surface area contributed by atoms with Crippen LogP contribution in [0.4, 0.5) is 4.79 Å². The number of nitrogens with zero attached hydrogens (tertiary/aromatic N) is 2. The van der Waals surface area contributed by atoms with Crippen molar-refractivity contribution in [1.29, 1.82) is 0 Å². The second kappa shape index (κ2) is 6.57. The Morgan fingerprint density at radius 2 is 1.82 bits per heavy atom. The Morgan fingerprint density at radius 1 is 1.18 bits per heavy atom. The van der Waals surface area contributed by atoms with Gasteiger partial charge in [0.05, 0.1) is 0 Å². The quantitative estimate of drug-likeness (QED) is 0.913. The highest BCUT2D eigenvalue weighted by Gasteiger charge is 2.25. The van der Waals surface area contributed by atoms with Crippen molar-refractivity contribution in [3.05, 3.63) is 29.3 Å². The zero-order valence-electron chi connectivity index (χ0n) is 13.9. The predicted molar refractivity (Wildman–Crippen MR) is 85.9 cm³/mol. The van der Waals surface area contributed by atoms with Gasteiger partial charge in [0.15, 0.2) is 0 Å². The number of piperazine rings is 1. The summed E-state index contributed by atoms with van der Waals surface area (Å²) in [6, 6.07) is 5.64. The van der Waals surface area contributed by atoms with Crippen LogP contribution in [-0.4, -0.2) is 52.8 Å². The van der Waals surface area contributed by atoms with Crippen molar-refractivity contribution < 1.29 is 14.6 Å². The Labute approximate surface area is 132 Å². The maximum Gasteiger partial charge on any atom is 0.410 e. The molecular formula is C17H26N2O3. The molecule has 0 bridgehead atoms. The van der Waals surface area contributed by atoms with E-state index in [4.69, 9.17) is 4.74 Å². The zero-order valence-corrected chi connectivity index (χ0v) is 13.9. The van der Waals surface area contributed by atoms with Crippen molar-refractivity contribution >= 4 is 6.09 Å². The molecule has 1 heterocycles. The Hall–Kier alpha value is -1.75. The van der Waals surface area contributed by atoms with Crippen LogP contribution in [0.1, 0.15) is 31.9 Å². The molecule has 1 N–H and O–H groups in total. The van der Waals surface area contributed by atoms with Crippen LogP contribution in [0.25, 0.3) is 0 Å². The molecule has 0 saturated carbocycles. The van der Waals surface area contributed by atoms with E-state index in [9.17, 15) is 9.90 Å². The Morgan fingerprint density at radius 3 is 2.36 bits per heavy atom. The molecule has 0 aromatic heterocycles. The summed E-state index contributed by atoms with van der Waals surface area (Å²) in [5, 5.41) is 9.66. The van der Waals surface area contributed by atoms with Gasteiger partial charge < -0.3 is 14.7 Å². The Kier molecular flexibility index (Phi) is 4.96. The van der Waals surface area contributed by atoms with Crippen LogP contribution in [0.5, 0.6) is 5.75 Å². The van der Waals surface area contributed by atoms with Gasteiger partial charge in [0, 0.05) is 32.7 Å². The summed E-state index contributed by atoms with van der Waals surface area (Å²) in [5.41, 5.74) is 1.71. The lowest BCUT2D eigenvalue weighted by atomic mass is 10.1. The van der Waals surface area contributed by atoms with Crippen molar-refractivity contribution in [3.63, 3.8) is 0 Å². The zero-order chi connectivity index (χ0) is 16.3. The van der Waals surface area contributed by atoms with Gasteiger partial charge in [0.2, 0.25) is 0 Å². The number of carbonyl (C=O) groups excluding carboxylic acids is 1. The standard InChI is InChI=1S/C17H26N2O3/c1-13-9-14(11-15(20)10-13)12-18-5-7-19(8-6-18)16(21)22-17(2,3)4/h9-11,20H,5-8,12H2,1-4H3. The molecule has 1 saturated heterocycles. The Balaban J connectivity index is 1.86. The van der Waals surface area contributed by atoms with Crippen LogP contribution < -0.4 is 0 Å². The number of amides is 1. The van der Waals surface area contributed by atoms with E-state index in [0.29, 0.717) is 18.8 Å². The molecule has 1 aliphatic rings. The maximum atomic E-state index is 12.0. The summed E-state index contributed by atoms with van der Waals surface area (Å²) in [7, 11) is 0. The number of aromatic hydroxyl groups is 1. The third-order valence-corrected chi connectivity index (χ3v) is 3.55. The number of carbonyl (C=O) groups is 1. The van der Waals surface area contributed by atoms with E-state index >= 15 is 0 Å². The fraction of sp³-hybridized carbons (Fsp3) is 0.588. The van der Waals surface area contributed by atoms with Gasteiger partial charge in [0.1, 0.15) is 11.4 Å². The van der Waals surface area contributed by atoms with Gasteiger partial charge in [-0.1, -0.05) is 6.07 Å². The topological polar surface area (TPSA) is 53.0 Å². The van der Waals surface area contributed by atoms with Gasteiger partial charge in [0.25, 0.3) is 0 Å². The fourth-order valence-electron chi connectivity index (χ4n) is 2.61. The highest BCUT2D eigenvalue weighted by Crippen LogP contribution is 2.18. The minimum atomic E-state index is -0.451. The van der Waals surface area contributed by atoms with E-state index in [1.54, 1.807) is 17.0 Å². The van der Waals surface area contributed by atoms with E-state index in [1.807, 2.05) is 27.7 Å². The number of rotatable bonds is 2. The van der Waals surface area contributed by atoms with Crippen LogP contribution in [0.15, 0.2) is 18.2 Å². The number of ether oxygens (including phenoxy) is 1. The van der Waals surface area contributed by atoms with Gasteiger partial charge >= 0.3 is 6.09 Å². The molecule has 5 heteroatoms. The molecule has 1 aromatic carbocycles. The van der Waals surface area contributed by atoms with Crippen LogP contribution in [-0.2, 0) is 11.3 Å². The summed E-state index contributed by atoms with van der Waals surface area (Å²) in [6.45, 7) is 11.4. The van der Waals surface area contributed by atoms with Crippen molar-refractivity contribution in [1.82, 2.24) is 9.80 Å². The fourth-order valence-corrected chi connectivity index (χ4v) is 2.61. The molecule has 1 amide bonds. The predicted octanol–water partition coefficient (Wildman–Crippen LogP) is 2.75. The summed E-state index contributed by atoms with van der Waals surface area (Å²) in [6.07, 6.45) is -0.236. The highest BCUT2D eigenvalue weighted by molar-refractivity contribution is 5.68. The second-order valence-corrected chi connectivity index (χ2v) is 6.92. The summed E-state index contributed by atoms with van der Waals surface area (Å²) in [4.78, 5) is 16.1. The van der Waals surface area contributed by atoms with E-state index in [-0.39, 0.29) is 6.09 Å². The van der Waals surface area contributed by atoms with Gasteiger partial charge in [-0.2, -0.15) is 0 Å². The SMILES string of the molecule is Cc1cc(O)cc(CN2CCN(C(=O)OC(C)(C)C)CC2)c1. The van der Waals surface area contributed by atoms with Gasteiger partial charge in [-0.05, 0) is 51.0 Å². The van der Waals surface area contributed by atoms with Crippen LogP contribution >= 0.6 is 0 Å². The molecule has 0 radical (unpaired) electrons. The molecule has 1 aliphatic heterocycles. The molecule has 0 aliphatic carbocycles. The lowest BCUT2D eigenvalue weighted by molar-refractivity contribution is 0.0139. The third-order valence-electron chi connectivity index (χ3n) is 3.55. The largest absolute Gasteiger partial charge is 0.508 e. The average Bonchev–Trinajstić information content (AvgIpc) is 2.36. The minimum Gasteiger partial charge on any atom is -0.508 e. The lowest BCUT2D eigenvalue weighted by Gasteiger charge is -2.35. The number of hydrogen-bond acceptors (Lipinski definition) is 4. The molecular weight excluding hydrogens is 280 g/mol.